The van der Waals surface area contributed by atoms with E-state index in [1.807, 2.05) is 6.07 Å². The van der Waals surface area contributed by atoms with Crippen LogP contribution in [0, 0.1) is 11.3 Å². The lowest BCUT2D eigenvalue weighted by atomic mass is 10.1. The van der Waals surface area contributed by atoms with Crippen molar-refractivity contribution in [2.24, 2.45) is 0 Å². The number of ether oxygens (including phenoxy) is 1. The molecule has 0 radical (unpaired) electrons. The third kappa shape index (κ3) is 1.99. The quantitative estimate of drug-likeness (QED) is 0.758. The summed E-state index contributed by atoms with van der Waals surface area (Å²) >= 11 is 3.35. The van der Waals surface area contributed by atoms with Crippen molar-refractivity contribution in [1.82, 2.24) is 4.98 Å². The van der Waals surface area contributed by atoms with Crippen LogP contribution in [-0.2, 0) is 4.74 Å². The van der Waals surface area contributed by atoms with Gasteiger partial charge in [-0.25, -0.2) is 9.78 Å². The van der Waals surface area contributed by atoms with Crippen LogP contribution in [0.1, 0.15) is 16.1 Å². The fourth-order valence-corrected chi connectivity index (χ4v) is 2.13. The van der Waals surface area contributed by atoms with Crippen LogP contribution in [0.4, 0.5) is 0 Å². The van der Waals surface area contributed by atoms with Gasteiger partial charge in [0.2, 0.25) is 0 Å². The number of nitrogens with zero attached hydrogens (tertiary/aromatic N) is 2. The van der Waals surface area contributed by atoms with Crippen molar-refractivity contribution < 1.29 is 9.53 Å². The number of hydrogen-bond donors (Lipinski definition) is 0. The van der Waals surface area contributed by atoms with Crippen LogP contribution in [-0.4, -0.2) is 18.1 Å². The third-order valence-electron chi connectivity index (χ3n) is 2.33. The second-order valence-electron chi connectivity index (χ2n) is 3.29. The second kappa shape index (κ2) is 4.52. The van der Waals surface area contributed by atoms with E-state index in [-0.39, 0.29) is 0 Å². The summed E-state index contributed by atoms with van der Waals surface area (Å²) in [5, 5.41) is 9.52. The van der Waals surface area contributed by atoms with E-state index in [2.05, 4.69) is 25.7 Å². The molecule has 5 heteroatoms. The Hall–Kier alpha value is -1.93. The van der Waals surface area contributed by atoms with E-state index in [4.69, 9.17) is 5.26 Å². The summed E-state index contributed by atoms with van der Waals surface area (Å²) < 4.78 is 5.29. The van der Waals surface area contributed by atoms with Crippen molar-refractivity contribution in [3.63, 3.8) is 0 Å². The molecule has 0 aliphatic rings. The van der Waals surface area contributed by atoms with Crippen molar-refractivity contribution >= 4 is 32.8 Å². The first kappa shape index (κ1) is 11.6. The number of pyridine rings is 1. The Kier molecular flexibility index (Phi) is 3.07. The van der Waals surface area contributed by atoms with Crippen LogP contribution in [0.25, 0.3) is 10.9 Å². The van der Waals surface area contributed by atoms with E-state index in [0.29, 0.717) is 21.2 Å². The highest BCUT2D eigenvalue weighted by molar-refractivity contribution is 9.10. The highest BCUT2D eigenvalue weighted by Crippen LogP contribution is 2.27. The van der Waals surface area contributed by atoms with Gasteiger partial charge in [0, 0.05) is 9.86 Å². The summed E-state index contributed by atoms with van der Waals surface area (Å²) in [6.07, 6.45) is 0. The molecule has 0 N–H and O–H groups in total. The predicted molar refractivity (Wildman–Crippen MR) is 65.5 cm³/mol. The van der Waals surface area contributed by atoms with Crippen LogP contribution in [0.5, 0.6) is 0 Å². The van der Waals surface area contributed by atoms with E-state index >= 15 is 0 Å². The van der Waals surface area contributed by atoms with Crippen molar-refractivity contribution in [2.75, 3.05) is 7.11 Å². The monoisotopic (exact) mass is 290 g/mol. The first-order chi connectivity index (χ1) is 8.17. The van der Waals surface area contributed by atoms with Gasteiger partial charge >= 0.3 is 5.97 Å². The molecule has 1 heterocycles. The number of carbonyl (C=O) groups is 1. The average Bonchev–Trinajstić information content (AvgIpc) is 2.38. The Balaban J connectivity index is 2.69. The molecule has 0 saturated heterocycles. The standard InChI is InChI=1S/C12H7BrN2O2/c1-17-12(16)9-4-5-10-8(11(9)13)3-2-7(6-14)15-10/h2-5H,1H3. The maximum absolute atomic E-state index is 11.5. The minimum atomic E-state index is -0.414. The average molecular weight is 291 g/mol. The van der Waals surface area contributed by atoms with E-state index in [1.165, 1.54) is 7.11 Å². The van der Waals surface area contributed by atoms with Gasteiger partial charge < -0.3 is 4.74 Å². The summed E-state index contributed by atoms with van der Waals surface area (Å²) in [5.41, 5.74) is 1.44. The molecule has 0 aliphatic carbocycles. The maximum atomic E-state index is 11.5. The number of halogens is 1. The normalized spacial score (nSPS) is 9.94. The lowest BCUT2D eigenvalue weighted by Crippen LogP contribution is -2.02. The van der Waals surface area contributed by atoms with Gasteiger partial charge in [-0.2, -0.15) is 5.26 Å². The van der Waals surface area contributed by atoms with Crippen LogP contribution >= 0.6 is 15.9 Å². The Morgan fingerprint density at radius 3 is 2.82 bits per heavy atom. The second-order valence-corrected chi connectivity index (χ2v) is 4.09. The topological polar surface area (TPSA) is 63.0 Å². The summed E-state index contributed by atoms with van der Waals surface area (Å²) in [5.74, 6) is -0.414. The molecular weight excluding hydrogens is 284 g/mol. The van der Waals surface area contributed by atoms with E-state index in [0.717, 1.165) is 5.39 Å². The highest BCUT2D eigenvalue weighted by Gasteiger charge is 2.13. The SMILES string of the molecule is COC(=O)c1ccc2nc(C#N)ccc2c1Br. The fourth-order valence-electron chi connectivity index (χ4n) is 1.50. The number of aromatic nitrogens is 1. The Labute approximate surface area is 106 Å². The highest BCUT2D eigenvalue weighted by atomic mass is 79.9. The molecule has 0 unspecified atom stereocenters. The summed E-state index contributed by atoms with van der Waals surface area (Å²) in [6.45, 7) is 0. The molecule has 4 nitrogen and oxygen atoms in total. The van der Waals surface area contributed by atoms with Gasteiger partial charge in [-0.15, -0.1) is 0 Å². The third-order valence-corrected chi connectivity index (χ3v) is 3.18. The lowest BCUT2D eigenvalue weighted by molar-refractivity contribution is 0.0600. The summed E-state index contributed by atoms with van der Waals surface area (Å²) in [4.78, 5) is 15.6. The number of nitriles is 1. The van der Waals surface area contributed by atoms with Crippen molar-refractivity contribution in [3.05, 3.63) is 40.0 Å². The molecule has 1 aromatic heterocycles. The van der Waals surface area contributed by atoms with Gasteiger partial charge in [0.1, 0.15) is 11.8 Å². The van der Waals surface area contributed by atoms with Gasteiger partial charge in [-0.1, -0.05) is 0 Å². The number of fused-ring (bicyclic) bond motifs is 1. The minimum Gasteiger partial charge on any atom is -0.465 e. The van der Waals surface area contributed by atoms with E-state index in [9.17, 15) is 4.79 Å². The zero-order valence-electron chi connectivity index (χ0n) is 8.90. The number of rotatable bonds is 1. The summed E-state index contributed by atoms with van der Waals surface area (Å²) in [6, 6.07) is 8.63. The van der Waals surface area contributed by atoms with Crippen LogP contribution in [0.15, 0.2) is 28.7 Å². The molecule has 0 atom stereocenters. The molecule has 0 amide bonds. The molecule has 2 rings (SSSR count). The number of methoxy groups -OCH3 is 1. The molecule has 2 aromatic rings. The van der Waals surface area contributed by atoms with Crippen LogP contribution in [0.2, 0.25) is 0 Å². The van der Waals surface area contributed by atoms with Gasteiger partial charge in [-0.05, 0) is 40.2 Å². The molecule has 0 saturated carbocycles. The molecule has 84 valence electrons. The Bertz CT molecular complexity index is 647. The first-order valence-corrected chi connectivity index (χ1v) is 5.54. The van der Waals surface area contributed by atoms with Gasteiger partial charge in [0.25, 0.3) is 0 Å². The Morgan fingerprint density at radius 1 is 1.41 bits per heavy atom. The van der Waals surface area contributed by atoms with Gasteiger partial charge in [-0.3, -0.25) is 0 Å². The van der Waals surface area contributed by atoms with Gasteiger partial charge in [0.15, 0.2) is 0 Å². The molecule has 1 aromatic carbocycles. The number of esters is 1. The van der Waals surface area contributed by atoms with Crippen LogP contribution < -0.4 is 0 Å². The first-order valence-electron chi connectivity index (χ1n) is 4.75. The minimum absolute atomic E-state index is 0.343. The zero-order valence-corrected chi connectivity index (χ0v) is 10.5. The molecule has 0 fully saturated rings. The Morgan fingerprint density at radius 2 is 2.18 bits per heavy atom. The van der Waals surface area contributed by atoms with Crippen molar-refractivity contribution in [3.8, 4) is 6.07 Å². The molecule has 0 aliphatic heterocycles. The number of benzene rings is 1. The largest absolute Gasteiger partial charge is 0.465 e. The van der Waals surface area contributed by atoms with E-state index < -0.39 is 5.97 Å². The molecular formula is C12H7BrN2O2. The number of hydrogen-bond acceptors (Lipinski definition) is 4. The van der Waals surface area contributed by atoms with Crippen LogP contribution in [0.3, 0.4) is 0 Å². The zero-order chi connectivity index (χ0) is 12.4. The predicted octanol–water partition coefficient (Wildman–Crippen LogP) is 2.66. The molecule has 0 spiro atoms. The fraction of sp³-hybridized carbons (Fsp3) is 0.0833. The lowest BCUT2D eigenvalue weighted by Gasteiger charge is -2.05. The number of carbonyl (C=O) groups excluding carboxylic acids is 1. The van der Waals surface area contributed by atoms with Crippen molar-refractivity contribution in [2.45, 2.75) is 0 Å². The maximum Gasteiger partial charge on any atom is 0.339 e. The molecule has 0 bridgehead atoms. The smallest absolute Gasteiger partial charge is 0.339 e. The summed E-state index contributed by atoms with van der Waals surface area (Å²) in [7, 11) is 1.33. The molecule has 17 heavy (non-hydrogen) atoms. The van der Waals surface area contributed by atoms with Gasteiger partial charge in [0.05, 0.1) is 18.2 Å². The van der Waals surface area contributed by atoms with E-state index in [1.54, 1.807) is 24.3 Å². The van der Waals surface area contributed by atoms with Crippen molar-refractivity contribution in [1.29, 1.82) is 5.26 Å².